The van der Waals surface area contributed by atoms with E-state index in [-0.39, 0.29) is 21.2 Å². The summed E-state index contributed by atoms with van der Waals surface area (Å²) in [4.78, 5) is 13.0. The molecule has 9 nitrogen and oxygen atoms in total. The maximum atomic E-state index is 14.8. The van der Waals surface area contributed by atoms with Crippen molar-refractivity contribution >= 4 is 31.5 Å². The second-order valence-electron chi connectivity index (χ2n) is 8.35. The Bertz CT molecular complexity index is 1510. The van der Waals surface area contributed by atoms with Gasteiger partial charge in [-0.1, -0.05) is 31.2 Å². The van der Waals surface area contributed by atoms with Crippen LogP contribution in [0.15, 0.2) is 76.5 Å². The van der Waals surface area contributed by atoms with Gasteiger partial charge in [0, 0.05) is 12.3 Å². The Morgan fingerprint density at radius 2 is 1.53 bits per heavy atom. The van der Waals surface area contributed by atoms with Crippen LogP contribution >= 0.6 is 0 Å². The van der Waals surface area contributed by atoms with E-state index in [1.165, 1.54) is 62.8 Å². The van der Waals surface area contributed by atoms with E-state index in [0.29, 0.717) is 22.0 Å². The molecule has 1 amide bonds. The molecule has 1 N–H and O–H groups in total. The number of ether oxygens (including phenoxy) is 2. The number of sulfone groups is 1. The van der Waals surface area contributed by atoms with Gasteiger partial charge < -0.3 is 14.8 Å². The highest BCUT2D eigenvalue weighted by atomic mass is 32.2. The average molecular weight is 565 g/mol. The lowest BCUT2D eigenvalue weighted by Gasteiger charge is -2.26. The Balaban J connectivity index is 1.95. The third-order valence-corrected chi connectivity index (χ3v) is 8.69. The van der Waals surface area contributed by atoms with Crippen molar-refractivity contribution in [3.05, 3.63) is 78.1 Å². The predicted molar refractivity (Wildman–Crippen MR) is 141 cm³/mol. The molecule has 0 aliphatic carbocycles. The quantitative estimate of drug-likeness (QED) is 0.377. The van der Waals surface area contributed by atoms with E-state index in [4.69, 9.17) is 9.47 Å². The molecule has 38 heavy (non-hydrogen) atoms. The maximum absolute atomic E-state index is 14.8. The van der Waals surface area contributed by atoms with Crippen molar-refractivity contribution < 1.29 is 35.5 Å². The maximum Gasteiger partial charge on any atom is 0.265 e. The number of carbonyl (C=O) groups excluding carboxylic acids is 1. The number of halogens is 1. The van der Waals surface area contributed by atoms with Crippen LogP contribution in [0.25, 0.3) is 0 Å². The van der Waals surface area contributed by atoms with Gasteiger partial charge in [-0.2, -0.15) is 0 Å². The molecule has 0 bridgehead atoms. The van der Waals surface area contributed by atoms with Gasteiger partial charge in [-0.3, -0.25) is 9.10 Å². The highest BCUT2D eigenvalue weighted by molar-refractivity contribution is 7.93. The fourth-order valence-corrected chi connectivity index (χ4v) is 5.87. The van der Waals surface area contributed by atoms with Gasteiger partial charge in [0.25, 0.3) is 10.0 Å². The fourth-order valence-electron chi connectivity index (χ4n) is 3.80. The van der Waals surface area contributed by atoms with E-state index in [1.807, 2.05) is 6.92 Å². The lowest BCUT2D eigenvalue weighted by Crippen LogP contribution is -2.42. The van der Waals surface area contributed by atoms with Crippen molar-refractivity contribution in [3.8, 4) is 11.5 Å². The normalized spacial score (nSPS) is 12.4. The first kappa shape index (κ1) is 28.9. The van der Waals surface area contributed by atoms with Crippen LogP contribution in [0.5, 0.6) is 11.5 Å². The van der Waals surface area contributed by atoms with Crippen molar-refractivity contribution in [3.63, 3.8) is 0 Å². The number of sulfonamides is 1. The molecule has 3 aromatic rings. The van der Waals surface area contributed by atoms with Crippen LogP contribution in [0.1, 0.15) is 24.9 Å². The fraction of sp³-hybridized carbons (Fsp3) is 0.269. The Hall–Kier alpha value is -3.64. The first-order chi connectivity index (χ1) is 17.9. The molecule has 0 saturated carbocycles. The van der Waals surface area contributed by atoms with Gasteiger partial charge in [-0.15, -0.1) is 0 Å². The second kappa shape index (κ2) is 11.8. The molecule has 0 fully saturated rings. The molecule has 0 spiro atoms. The number of para-hydroxylation sites is 1. The molecule has 12 heteroatoms. The van der Waals surface area contributed by atoms with Gasteiger partial charge in [0.05, 0.1) is 35.7 Å². The molecule has 0 radical (unpaired) electrons. The third kappa shape index (κ3) is 6.43. The summed E-state index contributed by atoms with van der Waals surface area (Å²) >= 11 is 0. The summed E-state index contributed by atoms with van der Waals surface area (Å²) in [6.45, 7) is 1.10. The number of hydrogen-bond donors (Lipinski definition) is 1. The van der Waals surface area contributed by atoms with E-state index in [2.05, 4.69) is 5.32 Å². The standard InChI is InChI=1S/C26H29FN2O7S2/c1-5-22(18-10-12-19(13-11-18)37(4,31)32)28-26(30)17-29(23-9-7-6-8-21(23)27)38(33,34)20-14-15-24(35-2)25(16-20)36-3/h6-16,22H,5,17H2,1-4H3,(H,28,30). The summed E-state index contributed by atoms with van der Waals surface area (Å²) in [5.74, 6) is -1.06. The largest absolute Gasteiger partial charge is 0.493 e. The minimum Gasteiger partial charge on any atom is -0.493 e. The van der Waals surface area contributed by atoms with Gasteiger partial charge in [-0.25, -0.2) is 21.2 Å². The SMILES string of the molecule is CCC(NC(=O)CN(c1ccccc1F)S(=O)(=O)c1ccc(OC)c(OC)c1)c1ccc(S(C)(=O)=O)cc1. The topological polar surface area (TPSA) is 119 Å². The zero-order valence-corrected chi connectivity index (χ0v) is 23.0. The molecule has 3 rings (SSSR count). The minimum atomic E-state index is -4.43. The number of methoxy groups -OCH3 is 2. The molecule has 1 unspecified atom stereocenters. The number of hydrogen-bond acceptors (Lipinski definition) is 7. The van der Waals surface area contributed by atoms with Crippen LogP contribution in [0.4, 0.5) is 10.1 Å². The van der Waals surface area contributed by atoms with Crippen LogP contribution in [0, 0.1) is 5.82 Å². The predicted octanol–water partition coefficient (Wildman–Crippen LogP) is 3.71. The molecule has 0 aliphatic heterocycles. The third-order valence-electron chi connectivity index (χ3n) is 5.81. The lowest BCUT2D eigenvalue weighted by atomic mass is 10.0. The number of carbonyl (C=O) groups is 1. The Morgan fingerprint density at radius 3 is 2.08 bits per heavy atom. The summed E-state index contributed by atoms with van der Waals surface area (Å²) < 4.78 is 76.7. The van der Waals surface area contributed by atoms with Gasteiger partial charge >= 0.3 is 0 Å². The molecule has 0 saturated heterocycles. The number of anilines is 1. The monoisotopic (exact) mass is 564 g/mol. The first-order valence-electron chi connectivity index (χ1n) is 11.5. The summed E-state index contributed by atoms with van der Waals surface area (Å²) in [6, 6.07) is 14.7. The number of rotatable bonds is 11. The van der Waals surface area contributed by atoms with Gasteiger partial charge in [0.15, 0.2) is 21.3 Å². The Kier molecular flexibility index (Phi) is 9.00. The Labute approximate surface area is 222 Å². The van der Waals surface area contributed by atoms with Crippen LogP contribution in [0.3, 0.4) is 0 Å². The van der Waals surface area contributed by atoms with Crippen LogP contribution in [0.2, 0.25) is 0 Å². The molecule has 3 aromatic carbocycles. The van der Waals surface area contributed by atoms with E-state index in [1.54, 1.807) is 12.1 Å². The molecular formula is C26H29FN2O7S2. The minimum absolute atomic E-state index is 0.133. The van der Waals surface area contributed by atoms with E-state index in [0.717, 1.165) is 12.3 Å². The van der Waals surface area contributed by atoms with Crippen molar-refractivity contribution in [2.24, 2.45) is 0 Å². The van der Waals surface area contributed by atoms with E-state index >= 15 is 0 Å². The summed E-state index contributed by atoms with van der Waals surface area (Å²) in [5.41, 5.74) is 0.330. The van der Waals surface area contributed by atoms with Crippen molar-refractivity contribution in [1.82, 2.24) is 5.32 Å². The number of benzene rings is 3. The summed E-state index contributed by atoms with van der Waals surface area (Å²) in [6.07, 6.45) is 1.53. The van der Waals surface area contributed by atoms with Gasteiger partial charge in [0.2, 0.25) is 5.91 Å². The molecule has 1 atom stereocenters. The van der Waals surface area contributed by atoms with Crippen LogP contribution in [-0.4, -0.2) is 49.8 Å². The molecule has 0 aromatic heterocycles. The van der Waals surface area contributed by atoms with Crippen molar-refractivity contribution in [2.75, 3.05) is 31.3 Å². The number of nitrogens with one attached hydrogen (secondary N) is 1. The van der Waals surface area contributed by atoms with Gasteiger partial charge in [0.1, 0.15) is 12.4 Å². The van der Waals surface area contributed by atoms with Crippen LogP contribution < -0.4 is 19.1 Å². The first-order valence-corrected chi connectivity index (χ1v) is 14.8. The average Bonchev–Trinajstić information content (AvgIpc) is 2.90. The van der Waals surface area contributed by atoms with Crippen LogP contribution in [-0.2, 0) is 24.7 Å². The molecular weight excluding hydrogens is 535 g/mol. The molecule has 0 aliphatic rings. The number of amides is 1. The molecule has 204 valence electrons. The Morgan fingerprint density at radius 1 is 0.921 bits per heavy atom. The van der Waals surface area contributed by atoms with Crippen molar-refractivity contribution in [2.45, 2.75) is 29.2 Å². The number of nitrogens with zero attached hydrogens (tertiary/aromatic N) is 1. The highest BCUT2D eigenvalue weighted by Crippen LogP contribution is 2.33. The molecule has 0 heterocycles. The van der Waals surface area contributed by atoms with E-state index < -0.39 is 44.2 Å². The summed E-state index contributed by atoms with van der Waals surface area (Å²) in [7, 11) is -5.06. The zero-order chi connectivity index (χ0) is 28.1. The van der Waals surface area contributed by atoms with E-state index in [9.17, 15) is 26.0 Å². The zero-order valence-electron chi connectivity index (χ0n) is 21.3. The highest BCUT2D eigenvalue weighted by Gasteiger charge is 2.30. The smallest absolute Gasteiger partial charge is 0.265 e. The second-order valence-corrected chi connectivity index (χ2v) is 12.2. The van der Waals surface area contributed by atoms with Gasteiger partial charge in [-0.05, 0) is 48.4 Å². The summed E-state index contributed by atoms with van der Waals surface area (Å²) in [5, 5.41) is 2.76. The van der Waals surface area contributed by atoms with Crippen molar-refractivity contribution in [1.29, 1.82) is 0 Å². The lowest BCUT2D eigenvalue weighted by molar-refractivity contribution is -0.120.